The molecule has 0 radical (unpaired) electrons. The standard InChI is InChI=1S/C18H38O13/c1-12(21-5)14(13(2)22-6)28-18(27-11,30-16(4,24-8)25-9)31-17(20,26-10)29-15(3,19)23-7/h12-14,19-20H,1-11H3/t12-,13?,14?,15-,17-,18?/m0/s1. The summed E-state index contributed by atoms with van der Waals surface area (Å²) < 4.78 is 57.9. The van der Waals surface area contributed by atoms with Crippen LogP contribution in [0.5, 0.6) is 0 Å². The lowest BCUT2D eigenvalue weighted by Gasteiger charge is -2.44. The van der Waals surface area contributed by atoms with Gasteiger partial charge in [-0.1, -0.05) is 0 Å². The Hall–Kier alpha value is -0.520. The van der Waals surface area contributed by atoms with Gasteiger partial charge in [0.25, 0.3) is 11.9 Å². The third kappa shape index (κ3) is 9.09. The van der Waals surface area contributed by atoms with E-state index in [9.17, 15) is 10.2 Å². The van der Waals surface area contributed by atoms with Gasteiger partial charge in [-0.15, -0.1) is 0 Å². The molecular weight excluding hydrogens is 424 g/mol. The molecule has 0 rings (SSSR count). The van der Waals surface area contributed by atoms with Crippen molar-refractivity contribution in [1.82, 2.24) is 0 Å². The molecule has 0 aliphatic heterocycles. The Balaban J connectivity index is 6.32. The van der Waals surface area contributed by atoms with Crippen molar-refractivity contribution in [2.45, 2.75) is 70.3 Å². The van der Waals surface area contributed by atoms with Crippen LogP contribution in [0.25, 0.3) is 0 Å². The molecule has 0 aliphatic rings. The van der Waals surface area contributed by atoms with E-state index in [1.165, 1.54) is 35.4 Å². The molecule has 2 N–H and O–H groups in total. The summed E-state index contributed by atoms with van der Waals surface area (Å²) >= 11 is 0. The first-order valence-electron chi connectivity index (χ1n) is 9.28. The predicted molar refractivity (Wildman–Crippen MR) is 103 cm³/mol. The molecule has 0 amide bonds. The number of rotatable bonds is 17. The molecule has 0 aromatic carbocycles. The van der Waals surface area contributed by atoms with Crippen LogP contribution in [0, 0.1) is 0 Å². The molecule has 6 atom stereocenters. The summed E-state index contributed by atoms with van der Waals surface area (Å²) in [7, 11) is 8.76. The van der Waals surface area contributed by atoms with Crippen molar-refractivity contribution >= 4 is 0 Å². The second kappa shape index (κ2) is 12.6. The van der Waals surface area contributed by atoms with Gasteiger partial charge in [-0.05, 0) is 13.8 Å². The van der Waals surface area contributed by atoms with Crippen molar-refractivity contribution in [3.63, 3.8) is 0 Å². The largest absolute Gasteiger partial charge is 0.423 e. The lowest BCUT2D eigenvalue weighted by atomic mass is 10.1. The minimum absolute atomic E-state index is 0.577. The lowest BCUT2D eigenvalue weighted by Crippen LogP contribution is -2.60. The zero-order chi connectivity index (χ0) is 24.5. The minimum Gasteiger partial charge on any atom is -0.379 e. The first-order chi connectivity index (χ1) is 14.2. The van der Waals surface area contributed by atoms with Gasteiger partial charge in [-0.3, -0.25) is 4.74 Å². The van der Waals surface area contributed by atoms with E-state index in [1.54, 1.807) is 13.8 Å². The van der Waals surface area contributed by atoms with Gasteiger partial charge in [0, 0.05) is 63.6 Å². The van der Waals surface area contributed by atoms with Crippen molar-refractivity contribution in [1.29, 1.82) is 0 Å². The van der Waals surface area contributed by atoms with Crippen LogP contribution >= 0.6 is 0 Å². The Morgan fingerprint density at radius 3 is 1.42 bits per heavy atom. The van der Waals surface area contributed by atoms with Crippen molar-refractivity contribution in [2.24, 2.45) is 0 Å². The molecule has 0 fully saturated rings. The zero-order valence-electron chi connectivity index (χ0n) is 20.1. The van der Waals surface area contributed by atoms with Crippen LogP contribution < -0.4 is 0 Å². The first-order valence-corrected chi connectivity index (χ1v) is 9.28. The monoisotopic (exact) mass is 462 g/mol. The van der Waals surface area contributed by atoms with Crippen molar-refractivity contribution in [3.8, 4) is 0 Å². The highest BCUT2D eigenvalue weighted by atomic mass is 17.1. The molecule has 0 saturated carbocycles. The summed E-state index contributed by atoms with van der Waals surface area (Å²) in [6.45, 7) is 5.84. The molecule has 13 nitrogen and oxygen atoms in total. The number of hydrogen-bond acceptors (Lipinski definition) is 13. The van der Waals surface area contributed by atoms with E-state index in [2.05, 4.69) is 0 Å². The molecule has 0 aromatic rings. The van der Waals surface area contributed by atoms with Crippen LogP contribution in [0.2, 0.25) is 0 Å². The maximum absolute atomic E-state index is 10.7. The molecule has 0 spiro atoms. The fourth-order valence-electron chi connectivity index (χ4n) is 2.15. The number of ether oxygens (including phenoxy) is 11. The van der Waals surface area contributed by atoms with E-state index in [-0.39, 0.29) is 0 Å². The number of aliphatic hydroxyl groups is 2. The summed E-state index contributed by atoms with van der Waals surface area (Å²) in [4.78, 5) is 0. The van der Waals surface area contributed by atoms with E-state index >= 15 is 0 Å². The molecule has 188 valence electrons. The van der Waals surface area contributed by atoms with Crippen LogP contribution in [0.1, 0.15) is 27.7 Å². The predicted octanol–water partition coefficient (Wildman–Crippen LogP) is 0.278. The highest BCUT2D eigenvalue weighted by Gasteiger charge is 2.55. The van der Waals surface area contributed by atoms with E-state index < -0.39 is 42.6 Å². The molecule has 0 bridgehead atoms. The van der Waals surface area contributed by atoms with Crippen molar-refractivity contribution < 1.29 is 62.3 Å². The van der Waals surface area contributed by atoms with E-state index in [4.69, 9.17) is 52.1 Å². The smallest absolute Gasteiger partial charge is 0.379 e. The van der Waals surface area contributed by atoms with Gasteiger partial charge >= 0.3 is 12.3 Å². The Bertz CT molecular complexity index is 491. The summed E-state index contributed by atoms with van der Waals surface area (Å²) in [6.07, 6.45) is -7.66. The summed E-state index contributed by atoms with van der Waals surface area (Å²) in [5, 5.41) is 20.8. The molecule has 0 saturated heterocycles. The average molecular weight is 462 g/mol. The second-order valence-corrected chi connectivity index (χ2v) is 6.57. The molecule has 3 unspecified atom stereocenters. The molecule has 13 heteroatoms. The summed E-state index contributed by atoms with van der Waals surface area (Å²) in [5.41, 5.74) is 0. The SMILES string of the molecule is COC(C)C(OC(OC)(OC(C)(OC)OC)O[C@@](O)(OC)O[C@@](C)(O)OC)[C@H](C)OC. The fraction of sp³-hybridized carbons (Fsp3) is 1.00. The Morgan fingerprint density at radius 1 is 0.613 bits per heavy atom. The Labute approximate surface area is 183 Å². The van der Waals surface area contributed by atoms with Gasteiger partial charge in [0.2, 0.25) is 0 Å². The third-order valence-electron chi connectivity index (χ3n) is 4.46. The highest BCUT2D eigenvalue weighted by Crippen LogP contribution is 2.34. The minimum atomic E-state index is -3.00. The molecule has 0 heterocycles. The van der Waals surface area contributed by atoms with Gasteiger partial charge in [-0.2, -0.15) is 0 Å². The molecular formula is C18H38O13. The maximum atomic E-state index is 10.7. The van der Waals surface area contributed by atoms with Crippen molar-refractivity contribution in [3.05, 3.63) is 0 Å². The lowest BCUT2D eigenvalue weighted by molar-refractivity contribution is -0.661. The maximum Gasteiger partial charge on any atom is 0.423 e. The summed E-state index contributed by atoms with van der Waals surface area (Å²) in [6, 6.07) is 0. The normalized spacial score (nSPS) is 21.6. The van der Waals surface area contributed by atoms with Gasteiger partial charge in [0.15, 0.2) is 0 Å². The molecule has 0 aromatic heterocycles. The average Bonchev–Trinajstić information content (AvgIpc) is 2.75. The van der Waals surface area contributed by atoms with Gasteiger partial charge in [0.05, 0.1) is 12.2 Å². The quantitative estimate of drug-likeness (QED) is 0.286. The highest BCUT2D eigenvalue weighted by molar-refractivity contribution is 4.74. The number of hydrogen-bond donors (Lipinski definition) is 2. The van der Waals surface area contributed by atoms with Crippen molar-refractivity contribution in [2.75, 3.05) is 49.8 Å². The van der Waals surface area contributed by atoms with Crippen LogP contribution in [0.15, 0.2) is 0 Å². The van der Waals surface area contributed by atoms with Gasteiger partial charge in [-0.25, -0.2) is 14.2 Å². The fourth-order valence-corrected chi connectivity index (χ4v) is 2.15. The van der Waals surface area contributed by atoms with Gasteiger partial charge < -0.3 is 43.4 Å². The summed E-state index contributed by atoms with van der Waals surface area (Å²) in [5.74, 6) is -4.14. The van der Waals surface area contributed by atoms with Crippen LogP contribution in [0.3, 0.4) is 0 Å². The zero-order valence-corrected chi connectivity index (χ0v) is 20.1. The second-order valence-electron chi connectivity index (χ2n) is 6.57. The van der Waals surface area contributed by atoms with Gasteiger partial charge in [0.1, 0.15) is 6.10 Å². The topological polar surface area (TPSA) is 142 Å². The van der Waals surface area contributed by atoms with E-state index in [0.717, 1.165) is 28.3 Å². The Kier molecular flexibility index (Phi) is 12.4. The molecule has 0 aliphatic carbocycles. The molecule has 31 heavy (non-hydrogen) atoms. The first kappa shape index (κ1) is 30.5. The van der Waals surface area contributed by atoms with Crippen LogP contribution in [0.4, 0.5) is 0 Å². The van der Waals surface area contributed by atoms with E-state index in [1.807, 2.05) is 0 Å². The Morgan fingerprint density at radius 2 is 1.10 bits per heavy atom. The third-order valence-corrected chi connectivity index (χ3v) is 4.46. The van der Waals surface area contributed by atoms with E-state index in [0.29, 0.717) is 0 Å². The van der Waals surface area contributed by atoms with Crippen LogP contribution in [-0.4, -0.2) is 103 Å². The number of methoxy groups -OCH3 is 7. The van der Waals surface area contributed by atoms with Crippen LogP contribution in [-0.2, 0) is 52.1 Å².